The van der Waals surface area contributed by atoms with E-state index in [1.807, 2.05) is 0 Å². The van der Waals surface area contributed by atoms with Gasteiger partial charge in [0.1, 0.15) is 5.84 Å². The molecule has 3 rings (SSSR count). The number of benzene rings is 2. The molecule has 0 bridgehead atoms. The zero-order valence-electron chi connectivity index (χ0n) is 16.1. The molecule has 2 aromatic rings. The van der Waals surface area contributed by atoms with Crippen molar-refractivity contribution >= 4 is 39.0 Å². The Balaban J connectivity index is 1.59. The third-order valence-electron chi connectivity index (χ3n) is 4.21. The molecule has 0 radical (unpaired) electrons. The van der Waals surface area contributed by atoms with Gasteiger partial charge in [0.2, 0.25) is 11.8 Å². The second-order valence-electron chi connectivity index (χ2n) is 6.85. The van der Waals surface area contributed by atoms with Gasteiger partial charge >= 0.3 is 0 Å². The highest BCUT2D eigenvalue weighted by atomic mass is 32.2. The number of anilines is 2. The molecule has 3 N–H and O–H groups in total. The van der Waals surface area contributed by atoms with Gasteiger partial charge in [-0.2, -0.15) is 0 Å². The van der Waals surface area contributed by atoms with Crippen LogP contribution >= 0.6 is 0 Å². The first-order chi connectivity index (χ1) is 13.8. The summed E-state index contributed by atoms with van der Waals surface area (Å²) in [6.07, 6.45) is 0.0793. The molecular weight excluding hydrogens is 392 g/mol. The van der Waals surface area contributed by atoms with E-state index < -0.39 is 10.0 Å². The van der Waals surface area contributed by atoms with Crippen molar-refractivity contribution < 1.29 is 18.0 Å². The third-order valence-corrected chi connectivity index (χ3v) is 5.61. The number of amidine groups is 1. The molecule has 152 valence electrons. The Kier molecular flexibility index (Phi) is 5.97. The lowest BCUT2D eigenvalue weighted by molar-refractivity contribution is -0.119. The second kappa shape index (κ2) is 8.44. The summed E-state index contributed by atoms with van der Waals surface area (Å²) in [5.41, 5.74) is 1.65. The fourth-order valence-electron chi connectivity index (χ4n) is 2.71. The summed E-state index contributed by atoms with van der Waals surface area (Å²) in [4.78, 5) is 28.4. The van der Waals surface area contributed by atoms with E-state index in [1.54, 1.807) is 56.3 Å². The molecule has 29 heavy (non-hydrogen) atoms. The standard InChI is InChI=1S/C20H22N4O4S/c1-13(2)20(26)23-15-7-5-6-14(12-15)22-18(25)10-11-21-19-16-8-3-4-9-17(16)29(27,28)24-19/h3-9,12-13H,10-11H2,1-2H3,(H,21,24)(H,22,25)(H,23,26). The maximum atomic E-state index is 12.2. The molecule has 0 saturated heterocycles. The molecule has 1 heterocycles. The van der Waals surface area contributed by atoms with Crippen LogP contribution < -0.4 is 15.4 Å². The minimum Gasteiger partial charge on any atom is -0.326 e. The number of amides is 2. The normalized spacial score (nSPS) is 15.6. The molecule has 0 saturated carbocycles. The first-order valence-corrected chi connectivity index (χ1v) is 10.6. The smallest absolute Gasteiger partial charge is 0.263 e. The Morgan fingerprint density at radius 2 is 1.72 bits per heavy atom. The maximum Gasteiger partial charge on any atom is 0.263 e. The van der Waals surface area contributed by atoms with E-state index in [1.165, 1.54) is 6.07 Å². The van der Waals surface area contributed by atoms with Gasteiger partial charge in [0, 0.05) is 29.3 Å². The number of rotatable bonds is 6. The molecule has 0 aliphatic carbocycles. The molecule has 0 fully saturated rings. The first kappa shape index (κ1) is 20.5. The van der Waals surface area contributed by atoms with Crippen LogP contribution in [0.4, 0.5) is 11.4 Å². The lowest BCUT2D eigenvalue weighted by Gasteiger charge is -2.10. The van der Waals surface area contributed by atoms with E-state index in [2.05, 4.69) is 20.3 Å². The Morgan fingerprint density at radius 3 is 2.45 bits per heavy atom. The monoisotopic (exact) mass is 414 g/mol. The number of carbonyl (C=O) groups is 2. The Morgan fingerprint density at radius 1 is 1.03 bits per heavy atom. The zero-order chi connectivity index (χ0) is 21.0. The molecule has 8 nitrogen and oxygen atoms in total. The van der Waals surface area contributed by atoms with Crippen LogP contribution in [0.15, 0.2) is 58.4 Å². The van der Waals surface area contributed by atoms with Crippen LogP contribution in [0.25, 0.3) is 0 Å². The number of fused-ring (bicyclic) bond motifs is 1. The van der Waals surface area contributed by atoms with Crippen molar-refractivity contribution in [3.05, 3.63) is 54.1 Å². The highest BCUT2D eigenvalue weighted by Crippen LogP contribution is 2.22. The molecule has 9 heteroatoms. The largest absolute Gasteiger partial charge is 0.326 e. The predicted octanol–water partition coefficient (Wildman–Crippen LogP) is 2.35. The van der Waals surface area contributed by atoms with Gasteiger partial charge in [-0.15, -0.1) is 0 Å². The topological polar surface area (TPSA) is 117 Å². The number of sulfonamides is 1. The number of aliphatic imine (C=N–C) groups is 1. The number of carbonyl (C=O) groups excluding carboxylic acids is 2. The van der Waals surface area contributed by atoms with Gasteiger partial charge in [-0.3, -0.25) is 19.3 Å². The molecule has 1 aliphatic rings. The van der Waals surface area contributed by atoms with E-state index in [0.717, 1.165) is 0 Å². The van der Waals surface area contributed by atoms with Gasteiger partial charge in [0.25, 0.3) is 10.0 Å². The predicted molar refractivity (Wildman–Crippen MR) is 111 cm³/mol. The minimum atomic E-state index is -3.59. The van der Waals surface area contributed by atoms with E-state index >= 15 is 0 Å². The van der Waals surface area contributed by atoms with Crippen molar-refractivity contribution in [2.45, 2.75) is 25.2 Å². The van der Waals surface area contributed by atoms with Crippen LogP contribution in [0.1, 0.15) is 25.8 Å². The first-order valence-electron chi connectivity index (χ1n) is 9.14. The van der Waals surface area contributed by atoms with Crippen LogP contribution in [0.3, 0.4) is 0 Å². The highest BCUT2D eigenvalue weighted by molar-refractivity contribution is 7.90. The number of nitrogens with one attached hydrogen (secondary N) is 3. The van der Waals surface area contributed by atoms with Crippen molar-refractivity contribution in [2.24, 2.45) is 10.9 Å². The van der Waals surface area contributed by atoms with Crippen LogP contribution in [-0.2, 0) is 19.6 Å². The van der Waals surface area contributed by atoms with Crippen molar-refractivity contribution in [1.29, 1.82) is 0 Å². The average molecular weight is 414 g/mol. The second-order valence-corrected chi connectivity index (χ2v) is 8.51. The summed E-state index contributed by atoms with van der Waals surface area (Å²) in [6, 6.07) is 13.4. The van der Waals surface area contributed by atoms with Crippen molar-refractivity contribution in [2.75, 3.05) is 17.2 Å². The molecule has 2 amide bonds. The molecule has 0 spiro atoms. The van der Waals surface area contributed by atoms with Gasteiger partial charge < -0.3 is 10.6 Å². The van der Waals surface area contributed by atoms with Gasteiger partial charge in [-0.25, -0.2) is 8.42 Å². The summed E-state index contributed by atoms with van der Waals surface area (Å²) < 4.78 is 26.5. The summed E-state index contributed by atoms with van der Waals surface area (Å²) in [5, 5.41) is 5.52. The quantitative estimate of drug-likeness (QED) is 0.673. The van der Waals surface area contributed by atoms with Crippen LogP contribution in [0.5, 0.6) is 0 Å². The van der Waals surface area contributed by atoms with Crippen LogP contribution in [-0.4, -0.2) is 32.6 Å². The van der Waals surface area contributed by atoms with Crippen molar-refractivity contribution in [3.63, 3.8) is 0 Å². The fraction of sp³-hybridized carbons (Fsp3) is 0.250. The Bertz CT molecular complexity index is 1080. The third kappa shape index (κ3) is 5.00. The molecular formula is C20H22N4O4S. The van der Waals surface area contributed by atoms with E-state index in [-0.39, 0.29) is 41.4 Å². The number of hydrogen-bond acceptors (Lipinski definition) is 5. The molecule has 2 aromatic carbocycles. The highest BCUT2D eigenvalue weighted by Gasteiger charge is 2.29. The van der Waals surface area contributed by atoms with E-state index in [0.29, 0.717) is 16.9 Å². The van der Waals surface area contributed by atoms with Gasteiger partial charge in [-0.05, 0) is 30.3 Å². The summed E-state index contributed by atoms with van der Waals surface area (Å²) >= 11 is 0. The van der Waals surface area contributed by atoms with Crippen molar-refractivity contribution in [1.82, 2.24) is 4.72 Å². The van der Waals surface area contributed by atoms with Crippen LogP contribution in [0.2, 0.25) is 0 Å². The minimum absolute atomic E-state index is 0.0793. The SMILES string of the molecule is CC(C)C(=O)Nc1cccc(NC(=O)CCN=C2NS(=O)(=O)c3ccccc32)c1. The zero-order valence-corrected chi connectivity index (χ0v) is 16.9. The van der Waals surface area contributed by atoms with Crippen LogP contribution in [0, 0.1) is 5.92 Å². The summed E-state index contributed by atoms with van der Waals surface area (Å²) in [6.45, 7) is 3.72. The van der Waals surface area contributed by atoms with E-state index in [9.17, 15) is 18.0 Å². The lowest BCUT2D eigenvalue weighted by atomic mass is 10.2. The maximum absolute atomic E-state index is 12.2. The fourth-order valence-corrected chi connectivity index (χ4v) is 3.96. The summed E-state index contributed by atoms with van der Waals surface area (Å²) in [7, 11) is -3.59. The molecule has 0 aromatic heterocycles. The Labute approximate surface area is 169 Å². The number of nitrogens with zero attached hydrogens (tertiary/aromatic N) is 1. The lowest BCUT2D eigenvalue weighted by Crippen LogP contribution is -2.23. The molecule has 0 unspecified atom stereocenters. The molecule has 0 atom stereocenters. The average Bonchev–Trinajstić information content (AvgIpc) is 2.93. The summed E-state index contributed by atoms with van der Waals surface area (Å²) in [5.74, 6) is -0.281. The Hall–Kier alpha value is -3.20. The van der Waals surface area contributed by atoms with E-state index in [4.69, 9.17) is 0 Å². The van der Waals surface area contributed by atoms with Crippen molar-refractivity contribution in [3.8, 4) is 0 Å². The van der Waals surface area contributed by atoms with Gasteiger partial charge in [-0.1, -0.05) is 32.0 Å². The van der Waals surface area contributed by atoms with Gasteiger partial charge in [0.15, 0.2) is 0 Å². The number of hydrogen-bond donors (Lipinski definition) is 3. The van der Waals surface area contributed by atoms with Gasteiger partial charge in [0.05, 0.1) is 11.4 Å². The molecule has 1 aliphatic heterocycles.